The lowest BCUT2D eigenvalue weighted by Crippen LogP contribution is -2.33. The van der Waals surface area contributed by atoms with Crippen LogP contribution in [0.5, 0.6) is 0 Å². The standard InChI is InChI=1S/C23H23N3O2S2/c1-24-14-18(29-15-26-10-8-17(27)9-11-26)12-16-6-7-22-20(13-16)25-23(28)19-4-2-3-5-21(19)30-22/h2-7,13-14H,1,8-12,15H2,(H,25,28)/b18-14-. The highest BCUT2D eigenvalue weighted by Crippen LogP contribution is 2.39. The van der Waals surface area contributed by atoms with Gasteiger partial charge in [0.05, 0.1) is 11.3 Å². The number of aliphatic imine (C=N–C) groups is 1. The Bertz CT molecular complexity index is 1010. The Labute approximate surface area is 185 Å². The van der Waals surface area contributed by atoms with Crippen molar-refractivity contribution in [1.29, 1.82) is 0 Å². The Hall–Kier alpha value is -2.35. The molecule has 0 aromatic heterocycles. The van der Waals surface area contributed by atoms with Crippen molar-refractivity contribution in [3.05, 3.63) is 64.7 Å². The first-order valence-corrected chi connectivity index (χ1v) is 11.7. The summed E-state index contributed by atoms with van der Waals surface area (Å²) in [6.45, 7) is 5.25. The van der Waals surface area contributed by atoms with E-state index in [2.05, 4.69) is 34.1 Å². The minimum absolute atomic E-state index is 0.0773. The summed E-state index contributed by atoms with van der Waals surface area (Å²) in [7, 11) is 0. The SMILES string of the molecule is C=N/C=C(/Cc1ccc2c(c1)NC(=O)c1ccccc1S2)SCN1CCC(=O)CC1. The zero-order valence-corrected chi connectivity index (χ0v) is 18.2. The second-order valence-corrected chi connectivity index (χ2v) is 9.42. The van der Waals surface area contributed by atoms with Gasteiger partial charge in [0.1, 0.15) is 5.78 Å². The van der Waals surface area contributed by atoms with Crippen LogP contribution in [0.1, 0.15) is 28.8 Å². The molecule has 0 saturated carbocycles. The number of nitrogens with zero attached hydrogens (tertiary/aromatic N) is 2. The van der Waals surface area contributed by atoms with Crippen LogP contribution in [0.4, 0.5) is 5.69 Å². The normalized spacial score (nSPS) is 17.0. The van der Waals surface area contributed by atoms with Gasteiger partial charge in [-0.15, -0.1) is 11.8 Å². The number of ketones is 1. The molecule has 2 aromatic rings. The maximum absolute atomic E-state index is 12.6. The van der Waals surface area contributed by atoms with Gasteiger partial charge >= 0.3 is 0 Å². The van der Waals surface area contributed by atoms with Gasteiger partial charge in [-0.2, -0.15) is 0 Å². The first-order valence-electron chi connectivity index (χ1n) is 9.85. The van der Waals surface area contributed by atoms with Crippen molar-refractivity contribution in [2.75, 3.05) is 24.3 Å². The van der Waals surface area contributed by atoms with E-state index >= 15 is 0 Å². The molecule has 2 aliphatic rings. The number of anilines is 1. The smallest absolute Gasteiger partial charge is 0.256 e. The summed E-state index contributed by atoms with van der Waals surface area (Å²) in [5.41, 5.74) is 2.65. The molecule has 2 aromatic carbocycles. The zero-order chi connectivity index (χ0) is 20.9. The van der Waals surface area contributed by atoms with Crippen molar-refractivity contribution in [3.63, 3.8) is 0 Å². The predicted molar refractivity (Wildman–Crippen MR) is 125 cm³/mol. The highest BCUT2D eigenvalue weighted by atomic mass is 32.2. The lowest BCUT2D eigenvalue weighted by atomic mass is 10.1. The van der Waals surface area contributed by atoms with Gasteiger partial charge in [-0.3, -0.25) is 19.5 Å². The maximum Gasteiger partial charge on any atom is 0.256 e. The average molecular weight is 438 g/mol. The number of hydrogen-bond acceptors (Lipinski definition) is 6. The number of carbonyl (C=O) groups is 2. The van der Waals surface area contributed by atoms with Crippen LogP contribution < -0.4 is 5.32 Å². The molecule has 0 atom stereocenters. The van der Waals surface area contributed by atoms with E-state index in [1.165, 1.54) is 0 Å². The molecule has 0 spiro atoms. The Morgan fingerprint density at radius 2 is 1.97 bits per heavy atom. The van der Waals surface area contributed by atoms with E-state index in [-0.39, 0.29) is 5.91 Å². The number of fused-ring (bicyclic) bond motifs is 2. The molecule has 0 radical (unpaired) electrons. The molecule has 1 fully saturated rings. The third-order valence-corrected chi connectivity index (χ3v) is 7.37. The van der Waals surface area contributed by atoms with E-state index < -0.39 is 0 Å². The summed E-state index contributed by atoms with van der Waals surface area (Å²) in [6, 6.07) is 13.9. The number of benzene rings is 2. The van der Waals surface area contributed by atoms with Crippen molar-refractivity contribution in [2.24, 2.45) is 4.99 Å². The largest absolute Gasteiger partial charge is 0.321 e. The van der Waals surface area contributed by atoms with E-state index in [0.717, 1.165) is 51.3 Å². The van der Waals surface area contributed by atoms with E-state index in [0.29, 0.717) is 24.2 Å². The molecule has 7 heteroatoms. The first-order chi connectivity index (χ1) is 14.6. The number of nitrogens with one attached hydrogen (secondary N) is 1. The second-order valence-electron chi connectivity index (χ2n) is 7.27. The third kappa shape index (κ3) is 5.03. The highest BCUT2D eigenvalue weighted by Gasteiger charge is 2.20. The van der Waals surface area contributed by atoms with Crippen LogP contribution in [-0.4, -0.2) is 42.3 Å². The number of Topliss-reactive ketones (excluding diaryl/α,β-unsaturated/α-hetero) is 1. The van der Waals surface area contributed by atoms with Gasteiger partial charge in [-0.05, 0) is 36.5 Å². The lowest BCUT2D eigenvalue weighted by Gasteiger charge is -2.25. The van der Waals surface area contributed by atoms with E-state index in [4.69, 9.17) is 0 Å². The number of piperidine rings is 1. The quantitative estimate of drug-likeness (QED) is 0.655. The molecule has 2 heterocycles. The van der Waals surface area contributed by atoms with Gasteiger partial charge in [0.15, 0.2) is 0 Å². The van der Waals surface area contributed by atoms with Crippen molar-refractivity contribution >= 4 is 47.6 Å². The van der Waals surface area contributed by atoms with E-state index in [1.54, 1.807) is 29.7 Å². The van der Waals surface area contributed by atoms with Crippen molar-refractivity contribution < 1.29 is 9.59 Å². The Kier molecular flexibility index (Phi) is 6.72. The Morgan fingerprint density at radius 3 is 2.77 bits per heavy atom. The zero-order valence-electron chi connectivity index (χ0n) is 16.6. The molecular weight excluding hydrogens is 414 g/mol. The van der Waals surface area contributed by atoms with Crippen LogP contribution in [0.2, 0.25) is 0 Å². The number of hydrogen-bond donors (Lipinski definition) is 1. The number of allylic oxidation sites excluding steroid dienone is 1. The maximum atomic E-state index is 12.6. The number of thioether (sulfide) groups is 1. The van der Waals surface area contributed by atoms with E-state index in [1.807, 2.05) is 30.3 Å². The summed E-state index contributed by atoms with van der Waals surface area (Å²) >= 11 is 3.34. The summed E-state index contributed by atoms with van der Waals surface area (Å²) in [4.78, 5) is 33.4. The minimum atomic E-state index is -0.0773. The summed E-state index contributed by atoms with van der Waals surface area (Å²) in [5, 5.41) is 3.05. The molecule has 1 amide bonds. The summed E-state index contributed by atoms with van der Waals surface area (Å²) < 4.78 is 0. The number of amides is 1. The number of rotatable bonds is 6. The molecule has 1 N–H and O–H groups in total. The predicted octanol–water partition coefficient (Wildman–Crippen LogP) is 4.84. The van der Waals surface area contributed by atoms with Crippen LogP contribution >= 0.6 is 23.5 Å². The molecule has 1 saturated heterocycles. The van der Waals surface area contributed by atoms with E-state index in [9.17, 15) is 9.59 Å². The van der Waals surface area contributed by atoms with Crippen LogP contribution in [0.3, 0.4) is 0 Å². The van der Waals surface area contributed by atoms with Crippen LogP contribution in [0, 0.1) is 0 Å². The molecule has 0 aliphatic carbocycles. The average Bonchev–Trinajstić information content (AvgIpc) is 2.89. The fraction of sp³-hybridized carbons (Fsp3) is 0.261. The minimum Gasteiger partial charge on any atom is -0.321 e. The second kappa shape index (κ2) is 9.64. The molecule has 4 rings (SSSR count). The molecule has 30 heavy (non-hydrogen) atoms. The highest BCUT2D eigenvalue weighted by molar-refractivity contribution is 8.03. The molecule has 5 nitrogen and oxygen atoms in total. The fourth-order valence-corrected chi connectivity index (χ4v) is 5.50. The molecule has 154 valence electrons. The lowest BCUT2D eigenvalue weighted by molar-refractivity contribution is -0.121. The van der Waals surface area contributed by atoms with Crippen molar-refractivity contribution in [3.8, 4) is 0 Å². The van der Waals surface area contributed by atoms with Gasteiger partial charge < -0.3 is 5.32 Å². The topological polar surface area (TPSA) is 61.8 Å². The van der Waals surface area contributed by atoms with Gasteiger partial charge in [-0.25, -0.2) is 0 Å². The van der Waals surface area contributed by atoms with Crippen LogP contribution in [0.25, 0.3) is 0 Å². The van der Waals surface area contributed by atoms with Gasteiger partial charge in [0.25, 0.3) is 5.91 Å². The van der Waals surface area contributed by atoms with Gasteiger partial charge in [0, 0.05) is 59.1 Å². The van der Waals surface area contributed by atoms with Gasteiger partial charge in [-0.1, -0.05) is 30.0 Å². The molecule has 0 bridgehead atoms. The first kappa shape index (κ1) is 20.9. The molecule has 2 aliphatic heterocycles. The Balaban J connectivity index is 1.46. The van der Waals surface area contributed by atoms with Crippen molar-refractivity contribution in [1.82, 2.24) is 4.90 Å². The van der Waals surface area contributed by atoms with Gasteiger partial charge in [0.2, 0.25) is 0 Å². The van der Waals surface area contributed by atoms with Crippen LogP contribution in [-0.2, 0) is 11.2 Å². The third-order valence-electron chi connectivity index (χ3n) is 5.10. The van der Waals surface area contributed by atoms with Crippen LogP contribution in [0.15, 0.2) is 68.4 Å². The summed E-state index contributed by atoms with van der Waals surface area (Å²) in [5.74, 6) is 1.11. The van der Waals surface area contributed by atoms with Crippen molar-refractivity contribution in [2.45, 2.75) is 29.1 Å². The number of carbonyl (C=O) groups excluding carboxylic acids is 2. The fourth-order valence-electron chi connectivity index (χ4n) is 3.47. The number of likely N-dealkylation sites (tertiary alicyclic amines) is 1. The monoisotopic (exact) mass is 437 g/mol. The Morgan fingerprint density at radius 1 is 1.17 bits per heavy atom. The molecular formula is C23H23N3O2S2. The molecule has 0 unspecified atom stereocenters. The summed E-state index contributed by atoms with van der Waals surface area (Å²) in [6.07, 6.45) is 3.81.